The fourth-order valence-corrected chi connectivity index (χ4v) is 3.91. The Hall–Kier alpha value is -3.39. The fraction of sp³-hybridized carbons (Fsp3) is 0.269. The van der Waals surface area contributed by atoms with Gasteiger partial charge in [0, 0.05) is 17.0 Å². The van der Waals surface area contributed by atoms with E-state index in [0.29, 0.717) is 46.1 Å². The number of halogens is 4. The van der Waals surface area contributed by atoms with Crippen LogP contribution in [0.1, 0.15) is 52.8 Å². The lowest BCUT2D eigenvalue weighted by molar-refractivity contribution is -0.137. The first-order valence-corrected chi connectivity index (χ1v) is 11.6. The van der Waals surface area contributed by atoms with Gasteiger partial charge in [-0.15, -0.1) is 0 Å². The molecule has 0 saturated carbocycles. The minimum atomic E-state index is -4.38. The van der Waals surface area contributed by atoms with Crippen LogP contribution in [0.4, 0.5) is 18.9 Å². The summed E-state index contributed by atoms with van der Waals surface area (Å²) in [4.78, 5) is 22.1. The van der Waals surface area contributed by atoms with Crippen LogP contribution >= 0.6 is 11.6 Å². The molecule has 0 radical (unpaired) electrons. The van der Waals surface area contributed by atoms with Crippen LogP contribution in [0.3, 0.4) is 0 Å². The molecular formula is C26H24ClF3N4O. The second-order valence-corrected chi connectivity index (χ2v) is 8.77. The predicted octanol–water partition coefficient (Wildman–Crippen LogP) is 7.06. The highest BCUT2D eigenvalue weighted by Crippen LogP contribution is 2.30. The molecule has 2 heterocycles. The molecule has 0 saturated heterocycles. The predicted molar refractivity (Wildman–Crippen MR) is 131 cm³/mol. The molecule has 4 rings (SSSR count). The minimum absolute atomic E-state index is 0.290. The topological polar surface area (TPSA) is 59.8 Å². The van der Waals surface area contributed by atoms with Crippen LogP contribution in [-0.2, 0) is 19.1 Å². The summed E-state index contributed by atoms with van der Waals surface area (Å²) in [7, 11) is 0. The van der Waals surface area contributed by atoms with E-state index in [1.807, 2.05) is 4.57 Å². The van der Waals surface area contributed by atoms with Gasteiger partial charge in [0.05, 0.1) is 23.5 Å². The molecule has 0 aliphatic rings. The smallest absolute Gasteiger partial charge is 0.320 e. The number of nitrogens with zero attached hydrogens (tertiary/aromatic N) is 3. The van der Waals surface area contributed by atoms with Crippen molar-refractivity contribution in [3.05, 3.63) is 87.8 Å². The number of amides is 1. The van der Waals surface area contributed by atoms with Crippen molar-refractivity contribution in [1.82, 2.24) is 14.5 Å². The van der Waals surface area contributed by atoms with E-state index in [0.717, 1.165) is 36.4 Å². The number of hydrogen-bond donors (Lipinski definition) is 1. The van der Waals surface area contributed by atoms with Gasteiger partial charge in [0.2, 0.25) is 0 Å². The van der Waals surface area contributed by atoms with Crippen molar-refractivity contribution >= 4 is 34.4 Å². The van der Waals surface area contributed by atoms with Crippen molar-refractivity contribution in [3.63, 3.8) is 0 Å². The highest BCUT2D eigenvalue weighted by Gasteiger charge is 2.30. The maximum absolute atomic E-state index is 12.9. The maximum atomic E-state index is 12.9. The fourth-order valence-electron chi connectivity index (χ4n) is 3.78. The zero-order valence-corrected chi connectivity index (χ0v) is 20.0. The Morgan fingerprint density at radius 3 is 2.37 bits per heavy atom. The Morgan fingerprint density at radius 1 is 1.06 bits per heavy atom. The average molecular weight is 501 g/mol. The van der Waals surface area contributed by atoms with Gasteiger partial charge in [-0.3, -0.25) is 4.79 Å². The van der Waals surface area contributed by atoms with Gasteiger partial charge < -0.3 is 9.88 Å². The van der Waals surface area contributed by atoms with Crippen LogP contribution in [0.25, 0.3) is 11.2 Å². The highest BCUT2D eigenvalue weighted by molar-refractivity contribution is 6.30. The SMILES string of the molecule is CCCCc1nc2cc(NC(=O)c3ccc(Cl)cc3)c(C)nc2n1Cc1ccc(C(F)(F)F)cc1. The van der Waals surface area contributed by atoms with Gasteiger partial charge in [0.1, 0.15) is 11.3 Å². The van der Waals surface area contributed by atoms with Crippen LogP contribution in [0.2, 0.25) is 5.02 Å². The number of imidazole rings is 1. The third kappa shape index (κ3) is 5.65. The number of rotatable bonds is 7. The molecule has 0 aliphatic carbocycles. The van der Waals surface area contributed by atoms with Crippen LogP contribution in [-0.4, -0.2) is 20.4 Å². The molecule has 182 valence electrons. The van der Waals surface area contributed by atoms with Gasteiger partial charge >= 0.3 is 6.18 Å². The summed E-state index contributed by atoms with van der Waals surface area (Å²) < 4.78 is 40.8. The Kier molecular flexibility index (Phi) is 7.12. The first-order chi connectivity index (χ1) is 16.7. The third-order valence-corrected chi connectivity index (χ3v) is 5.97. The third-order valence-electron chi connectivity index (χ3n) is 5.72. The van der Waals surface area contributed by atoms with Crippen molar-refractivity contribution in [2.75, 3.05) is 5.32 Å². The number of carbonyl (C=O) groups excluding carboxylic acids is 1. The van der Waals surface area contributed by atoms with Crippen LogP contribution in [0.15, 0.2) is 54.6 Å². The molecule has 2 aromatic heterocycles. The van der Waals surface area contributed by atoms with E-state index < -0.39 is 11.7 Å². The molecule has 1 amide bonds. The van der Waals surface area contributed by atoms with Gasteiger partial charge in [-0.2, -0.15) is 13.2 Å². The van der Waals surface area contributed by atoms with Crippen molar-refractivity contribution < 1.29 is 18.0 Å². The highest BCUT2D eigenvalue weighted by atomic mass is 35.5. The maximum Gasteiger partial charge on any atom is 0.416 e. The standard InChI is InChI=1S/C26H24ClF3N4O/c1-3-4-5-23-32-22-14-21(33-25(35)18-8-12-20(27)13-9-18)16(2)31-24(22)34(23)15-17-6-10-19(11-7-17)26(28,29)30/h6-14H,3-5,15H2,1-2H3,(H,33,35). The van der Waals surface area contributed by atoms with Gasteiger partial charge in [-0.25, -0.2) is 9.97 Å². The van der Waals surface area contributed by atoms with E-state index in [4.69, 9.17) is 21.6 Å². The van der Waals surface area contributed by atoms with E-state index in [-0.39, 0.29) is 5.91 Å². The van der Waals surface area contributed by atoms with E-state index in [2.05, 4.69) is 12.2 Å². The number of aryl methyl sites for hydroxylation is 2. The molecule has 5 nitrogen and oxygen atoms in total. The normalized spacial score (nSPS) is 11.7. The second kappa shape index (κ2) is 10.1. The molecule has 2 aromatic carbocycles. The Bertz CT molecular complexity index is 1350. The molecule has 0 spiro atoms. The van der Waals surface area contributed by atoms with Gasteiger partial charge in [-0.1, -0.05) is 37.1 Å². The van der Waals surface area contributed by atoms with Gasteiger partial charge in [0.25, 0.3) is 5.91 Å². The number of carbonyl (C=O) groups is 1. The molecule has 0 fully saturated rings. The molecule has 1 N–H and O–H groups in total. The lowest BCUT2D eigenvalue weighted by Gasteiger charge is -2.12. The molecular weight excluding hydrogens is 477 g/mol. The van der Waals surface area contributed by atoms with E-state index >= 15 is 0 Å². The van der Waals surface area contributed by atoms with E-state index in [9.17, 15) is 18.0 Å². The Balaban J connectivity index is 1.67. The van der Waals surface area contributed by atoms with E-state index in [1.54, 1.807) is 37.3 Å². The van der Waals surface area contributed by atoms with Gasteiger partial charge in [-0.05, 0) is 61.4 Å². The average Bonchev–Trinajstić information content (AvgIpc) is 3.14. The summed E-state index contributed by atoms with van der Waals surface area (Å²) in [5, 5.41) is 3.42. The number of aromatic nitrogens is 3. The Morgan fingerprint density at radius 2 is 1.74 bits per heavy atom. The first-order valence-electron chi connectivity index (χ1n) is 11.3. The quantitative estimate of drug-likeness (QED) is 0.295. The Labute approximate surface area is 206 Å². The van der Waals surface area contributed by atoms with Crippen molar-refractivity contribution in [3.8, 4) is 0 Å². The molecule has 0 unspecified atom stereocenters. The summed E-state index contributed by atoms with van der Waals surface area (Å²) in [6, 6.07) is 13.5. The lowest BCUT2D eigenvalue weighted by atomic mass is 10.1. The first kappa shape index (κ1) is 24.7. The van der Waals surface area contributed by atoms with Crippen molar-refractivity contribution in [2.45, 2.75) is 45.8 Å². The van der Waals surface area contributed by atoms with Crippen LogP contribution < -0.4 is 5.32 Å². The number of fused-ring (bicyclic) bond motifs is 1. The lowest BCUT2D eigenvalue weighted by Crippen LogP contribution is -2.13. The molecule has 0 aliphatic heterocycles. The summed E-state index contributed by atoms with van der Waals surface area (Å²) in [6.07, 6.45) is -1.79. The molecule has 4 aromatic rings. The summed E-state index contributed by atoms with van der Waals surface area (Å²) in [5.41, 5.74) is 2.88. The number of anilines is 1. The molecule has 9 heteroatoms. The molecule has 0 atom stereocenters. The summed E-state index contributed by atoms with van der Waals surface area (Å²) in [6.45, 7) is 4.21. The molecule has 35 heavy (non-hydrogen) atoms. The van der Waals surface area contributed by atoms with Gasteiger partial charge in [0.15, 0.2) is 5.65 Å². The minimum Gasteiger partial charge on any atom is -0.320 e. The van der Waals surface area contributed by atoms with Crippen molar-refractivity contribution in [2.24, 2.45) is 0 Å². The van der Waals surface area contributed by atoms with Crippen LogP contribution in [0, 0.1) is 6.92 Å². The molecule has 0 bridgehead atoms. The number of nitrogens with one attached hydrogen (secondary N) is 1. The number of hydrogen-bond acceptors (Lipinski definition) is 3. The zero-order valence-electron chi connectivity index (χ0n) is 19.3. The summed E-state index contributed by atoms with van der Waals surface area (Å²) >= 11 is 5.90. The number of unbranched alkanes of at least 4 members (excludes halogenated alkanes) is 1. The van der Waals surface area contributed by atoms with E-state index in [1.165, 1.54) is 12.1 Å². The number of benzene rings is 2. The zero-order chi connectivity index (χ0) is 25.2. The second-order valence-electron chi connectivity index (χ2n) is 8.34. The largest absolute Gasteiger partial charge is 0.416 e. The summed E-state index contributed by atoms with van der Waals surface area (Å²) in [5.74, 6) is 0.510. The van der Waals surface area contributed by atoms with Crippen molar-refractivity contribution in [1.29, 1.82) is 0 Å². The monoisotopic (exact) mass is 500 g/mol. The van der Waals surface area contributed by atoms with Crippen LogP contribution in [0.5, 0.6) is 0 Å². The number of alkyl halides is 3. The number of pyridine rings is 1.